The number of ether oxygens (including phenoxy) is 2. The van der Waals surface area contributed by atoms with Crippen molar-refractivity contribution in [2.45, 2.75) is 19.8 Å². The van der Waals surface area contributed by atoms with Crippen molar-refractivity contribution in [1.82, 2.24) is 10.3 Å². The van der Waals surface area contributed by atoms with Crippen molar-refractivity contribution in [3.05, 3.63) is 35.5 Å². The summed E-state index contributed by atoms with van der Waals surface area (Å²) in [7, 11) is 3.30. The lowest BCUT2D eigenvalue weighted by molar-refractivity contribution is 0.0950. The summed E-state index contributed by atoms with van der Waals surface area (Å²) in [6, 6.07) is 7.53. The first-order valence-corrected chi connectivity index (χ1v) is 7.38. The fraction of sp³-hybridized carbons (Fsp3) is 0.412. The Morgan fingerprint density at radius 2 is 2.05 bits per heavy atom. The maximum absolute atomic E-state index is 12.3. The van der Waals surface area contributed by atoms with Gasteiger partial charge in [0.05, 0.1) is 23.9 Å². The summed E-state index contributed by atoms with van der Waals surface area (Å²) < 4.78 is 10.2. The zero-order valence-electron chi connectivity index (χ0n) is 13.3. The van der Waals surface area contributed by atoms with E-state index in [1.807, 2.05) is 31.2 Å². The molecule has 2 aromatic rings. The highest BCUT2D eigenvalue weighted by molar-refractivity contribution is 5.98. The molecule has 0 saturated carbocycles. The maximum atomic E-state index is 12.3. The number of nitrogens with one attached hydrogen (secondary N) is 1. The van der Waals surface area contributed by atoms with Crippen LogP contribution in [-0.2, 0) is 4.74 Å². The molecule has 1 heterocycles. The molecule has 22 heavy (non-hydrogen) atoms. The molecule has 1 N–H and O–H groups in total. The molecule has 0 fully saturated rings. The zero-order valence-corrected chi connectivity index (χ0v) is 13.3. The van der Waals surface area contributed by atoms with Crippen molar-refractivity contribution in [3.63, 3.8) is 0 Å². The minimum absolute atomic E-state index is 0.0832. The first kappa shape index (κ1) is 16.2. The van der Waals surface area contributed by atoms with E-state index >= 15 is 0 Å². The molecule has 1 aromatic carbocycles. The van der Waals surface area contributed by atoms with E-state index in [2.05, 4.69) is 10.3 Å². The Hall–Kier alpha value is -2.14. The fourth-order valence-corrected chi connectivity index (χ4v) is 2.27. The fourth-order valence-electron chi connectivity index (χ4n) is 2.27. The summed E-state index contributed by atoms with van der Waals surface area (Å²) >= 11 is 0. The Labute approximate surface area is 130 Å². The minimum Gasteiger partial charge on any atom is -0.497 e. The molecular weight excluding hydrogens is 280 g/mol. The van der Waals surface area contributed by atoms with E-state index in [4.69, 9.17) is 9.47 Å². The summed E-state index contributed by atoms with van der Waals surface area (Å²) in [5, 5.41) is 3.85. The third kappa shape index (κ3) is 3.95. The number of hydrogen-bond acceptors (Lipinski definition) is 4. The second-order valence-electron chi connectivity index (χ2n) is 5.14. The summed E-state index contributed by atoms with van der Waals surface area (Å²) in [5.41, 5.74) is 2.16. The lowest BCUT2D eigenvalue weighted by atomic mass is 10.1. The van der Waals surface area contributed by atoms with Gasteiger partial charge in [-0.05, 0) is 38.0 Å². The molecule has 118 valence electrons. The van der Waals surface area contributed by atoms with Crippen LogP contribution in [0.25, 0.3) is 10.9 Å². The molecule has 0 radical (unpaired) electrons. The number of nitrogens with zero attached hydrogens (tertiary/aromatic N) is 1. The number of carbonyl (C=O) groups excluding carboxylic acids is 1. The average molecular weight is 302 g/mol. The number of fused-ring (bicyclic) bond motifs is 1. The van der Waals surface area contributed by atoms with Gasteiger partial charge in [0.2, 0.25) is 0 Å². The molecule has 0 aliphatic heterocycles. The second-order valence-corrected chi connectivity index (χ2v) is 5.14. The van der Waals surface area contributed by atoms with Gasteiger partial charge in [0.25, 0.3) is 5.91 Å². The largest absolute Gasteiger partial charge is 0.497 e. The highest BCUT2D eigenvalue weighted by atomic mass is 16.5. The SMILES string of the molecule is COCCCCNC(=O)c1cc2ccc(OC)cc2nc1C. The molecule has 5 nitrogen and oxygen atoms in total. The van der Waals surface area contributed by atoms with E-state index in [0.29, 0.717) is 18.7 Å². The number of benzene rings is 1. The van der Waals surface area contributed by atoms with E-state index in [1.165, 1.54) is 0 Å². The average Bonchev–Trinajstić information content (AvgIpc) is 2.53. The molecule has 2 rings (SSSR count). The van der Waals surface area contributed by atoms with Gasteiger partial charge in [-0.15, -0.1) is 0 Å². The number of methoxy groups -OCH3 is 2. The topological polar surface area (TPSA) is 60.5 Å². The normalized spacial score (nSPS) is 10.7. The molecule has 0 aliphatic rings. The van der Waals surface area contributed by atoms with Crippen molar-refractivity contribution < 1.29 is 14.3 Å². The Bertz CT molecular complexity index is 656. The molecule has 0 atom stereocenters. The van der Waals surface area contributed by atoms with Gasteiger partial charge in [0.15, 0.2) is 0 Å². The summed E-state index contributed by atoms with van der Waals surface area (Å²) in [6.45, 7) is 3.20. The quantitative estimate of drug-likeness (QED) is 0.799. The minimum atomic E-state index is -0.0832. The van der Waals surface area contributed by atoms with Gasteiger partial charge >= 0.3 is 0 Å². The van der Waals surface area contributed by atoms with Gasteiger partial charge in [-0.2, -0.15) is 0 Å². The highest BCUT2D eigenvalue weighted by Crippen LogP contribution is 2.21. The van der Waals surface area contributed by atoms with E-state index in [0.717, 1.165) is 35.2 Å². The molecular formula is C17H22N2O3. The molecule has 1 aromatic heterocycles. The molecule has 0 unspecified atom stereocenters. The van der Waals surface area contributed by atoms with Gasteiger partial charge in [-0.1, -0.05) is 0 Å². The third-order valence-electron chi connectivity index (χ3n) is 3.52. The van der Waals surface area contributed by atoms with Crippen LogP contribution >= 0.6 is 0 Å². The molecule has 0 aliphatic carbocycles. The van der Waals surface area contributed by atoms with Gasteiger partial charge in [0, 0.05) is 31.7 Å². The monoisotopic (exact) mass is 302 g/mol. The summed E-state index contributed by atoms with van der Waals surface area (Å²) in [4.78, 5) is 16.8. The number of hydrogen-bond donors (Lipinski definition) is 1. The van der Waals surface area contributed by atoms with E-state index in [9.17, 15) is 4.79 Å². The maximum Gasteiger partial charge on any atom is 0.253 e. The number of unbranched alkanes of at least 4 members (excludes halogenated alkanes) is 1. The van der Waals surface area contributed by atoms with Crippen LogP contribution in [0, 0.1) is 6.92 Å². The van der Waals surface area contributed by atoms with Crippen LogP contribution in [0.1, 0.15) is 28.9 Å². The number of amides is 1. The van der Waals surface area contributed by atoms with Crippen LogP contribution in [0.5, 0.6) is 5.75 Å². The summed E-state index contributed by atoms with van der Waals surface area (Å²) in [6.07, 6.45) is 1.84. The number of carbonyl (C=O) groups is 1. The Morgan fingerprint density at radius 1 is 1.23 bits per heavy atom. The molecule has 0 spiro atoms. The van der Waals surface area contributed by atoms with Crippen LogP contribution in [0.15, 0.2) is 24.3 Å². The molecule has 0 bridgehead atoms. The smallest absolute Gasteiger partial charge is 0.253 e. The Morgan fingerprint density at radius 3 is 2.77 bits per heavy atom. The molecule has 0 saturated heterocycles. The standard InChI is InChI=1S/C17H22N2O3/c1-12-15(17(20)18-8-4-5-9-21-2)10-13-6-7-14(22-3)11-16(13)19-12/h6-7,10-11H,4-5,8-9H2,1-3H3,(H,18,20). The first-order valence-electron chi connectivity index (χ1n) is 7.38. The number of aryl methyl sites for hydroxylation is 1. The molecule has 1 amide bonds. The predicted octanol–water partition coefficient (Wildman–Crippen LogP) is 2.71. The first-order chi connectivity index (χ1) is 10.7. The highest BCUT2D eigenvalue weighted by Gasteiger charge is 2.11. The van der Waals surface area contributed by atoms with Gasteiger partial charge in [-0.25, -0.2) is 0 Å². The number of pyridine rings is 1. The van der Waals surface area contributed by atoms with Crippen molar-refractivity contribution in [2.24, 2.45) is 0 Å². The van der Waals surface area contributed by atoms with E-state index in [1.54, 1.807) is 14.2 Å². The van der Waals surface area contributed by atoms with Crippen LogP contribution in [0.3, 0.4) is 0 Å². The van der Waals surface area contributed by atoms with Crippen LogP contribution in [0.4, 0.5) is 0 Å². The van der Waals surface area contributed by atoms with Gasteiger partial charge < -0.3 is 14.8 Å². The Balaban J connectivity index is 2.10. The third-order valence-corrected chi connectivity index (χ3v) is 3.52. The van der Waals surface area contributed by atoms with Crippen molar-refractivity contribution in [2.75, 3.05) is 27.4 Å². The van der Waals surface area contributed by atoms with Crippen LogP contribution < -0.4 is 10.1 Å². The second kappa shape index (κ2) is 7.75. The lowest BCUT2D eigenvalue weighted by Crippen LogP contribution is -2.25. The predicted molar refractivity (Wildman–Crippen MR) is 86.5 cm³/mol. The molecule has 5 heteroatoms. The van der Waals surface area contributed by atoms with Crippen molar-refractivity contribution in [3.8, 4) is 5.75 Å². The van der Waals surface area contributed by atoms with Crippen LogP contribution in [0.2, 0.25) is 0 Å². The van der Waals surface area contributed by atoms with E-state index < -0.39 is 0 Å². The zero-order chi connectivity index (χ0) is 15.9. The van der Waals surface area contributed by atoms with Crippen molar-refractivity contribution >= 4 is 16.8 Å². The number of aromatic nitrogens is 1. The number of rotatable bonds is 7. The van der Waals surface area contributed by atoms with Crippen LogP contribution in [-0.4, -0.2) is 38.3 Å². The summed E-state index contributed by atoms with van der Waals surface area (Å²) in [5.74, 6) is 0.676. The lowest BCUT2D eigenvalue weighted by Gasteiger charge is -2.09. The van der Waals surface area contributed by atoms with E-state index in [-0.39, 0.29) is 5.91 Å². The van der Waals surface area contributed by atoms with Gasteiger partial charge in [0.1, 0.15) is 5.75 Å². The van der Waals surface area contributed by atoms with Gasteiger partial charge in [-0.3, -0.25) is 9.78 Å². The Kier molecular flexibility index (Phi) is 5.72. The van der Waals surface area contributed by atoms with Crippen molar-refractivity contribution in [1.29, 1.82) is 0 Å².